The number of hydrogen-bond donors (Lipinski definition) is 1. The lowest BCUT2D eigenvalue weighted by atomic mass is 10.1. The highest BCUT2D eigenvalue weighted by Crippen LogP contribution is 2.24. The molecule has 0 aliphatic carbocycles. The van der Waals surface area contributed by atoms with Crippen LogP contribution in [0.4, 0.5) is 0 Å². The SMILES string of the molecule is CC[C@H](C)N(Cc1cc(OC)cc(OC)c1)C[C@H](O)COC(C)C. The minimum atomic E-state index is -0.506. The molecule has 1 aromatic carbocycles. The molecule has 0 spiro atoms. The Bertz CT molecular complexity index is 456. The Morgan fingerprint density at radius 1 is 1.04 bits per heavy atom. The van der Waals surface area contributed by atoms with Gasteiger partial charge in [-0.05, 0) is 44.9 Å². The quantitative estimate of drug-likeness (QED) is 0.671. The first kappa shape index (κ1) is 20.7. The lowest BCUT2D eigenvalue weighted by Crippen LogP contribution is -2.40. The van der Waals surface area contributed by atoms with Gasteiger partial charge < -0.3 is 19.3 Å². The van der Waals surface area contributed by atoms with E-state index in [1.54, 1.807) is 14.2 Å². The van der Waals surface area contributed by atoms with Crippen molar-refractivity contribution in [1.29, 1.82) is 0 Å². The molecule has 1 N–H and O–H groups in total. The van der Waals surface area contributed by atoms with Gasteiger partial charge in [-0.1, -0.05) is 6.92 Å². The summed E-state index contributed by atoms with van der Waals surface area (Å²) in [6, 6.07) is 6.24. The molecule has 1 aromatic rings. The third-order valence-corrected chi connectivity index (χ3v) is 4.08. The highest BCUT2D eigenvalue weighted by atomic mass is 16.5. The maximum atomic E-state index is 10.3. The number of rotatable bonds is 11. The molecule has 0 unspecified atom stereocenters. The van der Waals surface area contributed by atoms with Crippen LogP contribution >= 0.6 is 0 Å². The second kappa shape index (κ2) is 10.5. The van der Waals surface area contributed by atoms with E-state index in [2.05, 4.69) is 18.7 Å². The van der Waals surface area contributed by atoms with Crippen molar-refractivity contribution in [3.05, 3.63) is 23.8 Å². The van der Waals surface area contributed by atoms with Crippen LogP contribution in [0.3, 0.4) is 0 Å². The Balaban J connectivity index is 2.82. The fourth-order valence-corrected chi connectivity index (χ4v) is 2.48. The second-order valence-corrected chi connectivity index (χ2v) is 6.44. The van der Waals surface area contributed by atoms with Crippen molar-refractivity contribution in [2.75, 3.05) is 27.4 Å². The van der Waals surface area contributed by atoms with Gasteiger partial charge in [0.1, 0.15) is 11.5 Å². The Labute approximate surface area is 146 Å². The van der Waals surface area contributed by atoms with Gasteiger partial charge in [0.05, 0.1) is 33.0 Å². The number of methoxy groups -OCH3 is 2. The predicted molar refractivity (Wildman–Crippen MR) is 96.8 cm³/mol. The molecule has 0 heterocycles. The summed E-state index contributed by atoms with van der Waals surface area (Å²) in [5, 5.41) is 10.3. The maximum Gasteiger partial charge on any atom is 0.122 e. The molecule has 0 saturated carbocycles. The van der Waals surface area contributed by atoms with Gasteiger partial charge in [0.15, 0.2) is 0 Å². The molecule has 0 aliphatic rings. The van der Waals surface area contributed by atoms with Gasteiger partial charge in [-0.3, -0.25) is 4.90 Å². The van der Waals surface area contributed by atoms with Gasteiger partial charge in [-0.2, -0.15) is 0 Å². The normalized spacial score (nSPS) is 14.0. The molecule has 0 amide bonds. The van der Waals surface area contributed by atoms with Crippen molar-refractivity contribution < 1.29 is 19.3 Å². The van der Waals surface area contributed by atoms with Crippen LogP contribution in [0.15, 0.2) is 18.2 Å². The zero-order valence-corrected chi connectivity index (χ0v) is 15.9. The van der Waals surface area contributed by atoms with Crippen molar-refractivity contribution in [2.24, 2.45) is 0 Å². The Hall–Kier alpha value is -1.30. The van der Waals surface area contributed by atoms with Crippen LogP contribution in [0, 0.1) is 0 Å². The molecule has 0 radical (unpaired) electrons. The molecule has 2 atom stereocenters. The third kappa shape index (κ3) is 7.07. The smallest absolute Gasteiger partial charge is 0.122 e. The van der Waals surface area contributed by atoms with Gasteiger partial charge in [0, 0.05) is 25.2 Å². The molecule has 0 aliphatic heterocycles. The number of nitrogens with zero attached hydrogens (tertiary/aromatic N) is 1. The fraction of sp³-hybridized carbons (Fsp3) is 0.684. The molecule has 5 nitrogen and oxygen atoms in total. The number of aliphatic hydroxyl groups is 1. The van der Waals surface area contributed by atoms with Crippen LogP contribution < -0.4 is 9.47 Å². The summed E-state index contributed by atoms with van der Waals surface area (Å²) >= 11 is 0. The van der Waals surface area contributed by atoms with Gasteiger partial charge in [-0.15, -0.1) is 0 Å². The summed E-state index contributed by atoms with van der Waals surface area (Å²) in [7, 11) is 3.30. The van der Waals surface area contributed by atoms with Crippen LogP contribution in [0.2, 0.25) is 0 Å². The summed E-state index contributed by atoms with van der Waals surface area (Å²) in [6.07, 6.45) is 0.632. The van der Waals surface area contributed by atoms with E-state index in [-0.39, 0.29) is 6.10 Å². The van der Waals surface area contributed by atoms with Gasteiger partial charge in [0.2, 0.25) is 0 Å². The summed E-state index contributed by atoms with van der Waals surface area (Å²) in [5.74, 6) is 1.55. The predicted octanol–water partition coefficient (Wildman–Crippen LogP) is 3.09. The molecule has 0 aromatic heterocycles. The largest absolute Gasteiger partial charge is 0.497 e. The maximum absolute atomic E-state index is 10.3. The van der Waals surface area contributed by atoms with E-state index in [0.29, 0.717) is 19.2 Å². The molecular formula is C19H33NO4. The lowest BCUT2D eigenvalue weighted by molar-refractivity contribution is -0.0149. The first-order chi connectivity index (χ1) is 11.4. The fourth-order valence-electron chi connectivity index (χ4n) is 2.48. The minimum Gasteiger partial charge on any atom is -0.497 e. The van der Waals surface area contributed by atoms with Crippen molar-refractivity contribution in [2.45, 2.75) is 58.9 Å². The minimum absolute atomic E-state index is 0.124. The summed E-state index contributed by atoms with van der Waals surface area (Å²) in [6.45, 7) is 9.92. The highest BCUT2D eigenvalue weighted by Gasteiger charge is 2.18. The average molecular weight is 339 g/mol. The van der Waals surface area contributed by atoms with E-state index < -0.39 is 6.10 Å². The number of benzene rings is 1. The Morgan fingerprint density at radius 3 is 2.08 bits per heavy atom. The number of hydrogen-bond acceptors (Lipinski definition) is 5. The van der Waals surface area contributed by atoms with Crippen molar-refractivity contribution in [3.63, 3.8) is 0 Å². The summed E-state index contributed by atoms with van der Waals surface area (Å²) in [5.41, 5.74) is 1.10. The van der Waals surface area contributed by atoms with Gasteiger partial charge >= 0.3 is 0 Å². The van der Waals surface area contributed by atoms with E-state index in [1.165, 1.54) is 0 Å². The van der Waals surface area contributed by atoms with Crippen molar-refractivity contribution in [3.8, 4) is 11.5 Å². The first-order valence-electron chi connectivity index (χ1n) is 8.65. The van der Waals surface area contributed by atoms with Gasteiger partial charge in [0.25, 0.3) is 0 Å². The van der Waals surface area contributed by atoms with E-state index in [0.717, 1.165) is 30.0 Å². The van der Waals surface area contributed by atoms with E-state index in [4.69, 9.17) is 14.2 Å². The Morgan fingerprint density at radius 2 is 1.62 bits per heavy atom. The zero-order chi connectivity index (χ0) is 18.1. The number of aliphatic hydroxyl groups excluding tert-OH is 1. The van der Waals surface area contributed by atoms with Crippen molar-refractivity contribution in [1.82, 2.24) is 4.90 Å². The van der Waals surface area contributed by atoms with Crippen LogP contribution in [-0.2, 0) is 11.3 Å². The average Bonchev–Trinajstić information content (AvgIpc) is 2.58. The molecule has 24 heavy (non-hydrogen) atoms. The topological polar surface area (TPSA) is 51.2 Å². The molecule has 0 fully saturated rings. The molecule has 1 rings (SSSR count). The summed E-state index contributed by atoms with van der Waals surface area (Å²) in [4.78, 5) is 2.27. The molecule has 138 valence electrons. The molecule has 0 saturated heterocycles. The zero-order valence-electron chi connectivity index (χ0n) is 15.9. The van der Waals surface area contributed by atoms with Crippen LogP contribution in [0.1, 0.15) is 39.7 Å². The number of ether oxygens (including phenoxy) is 3. The first-order valence-corrected chi connectivity index (χ1v) is 8.65. The van der Waals surface area contributed by atoms with Crippen molar-refractivity contribution >= 4 is 0 Å². The second-order valence-electron chi connectivity index (χ2n) is 6.44. The van der Waals surface area contributed by atoms with E-state index in [1.807, 2.05) is 32.0 Å². The standard InChI is InChI=1S/C19H33NO4/c1-7-15(4)20(12-17(21)13-24-14(2)3)11-16-8-18(22-5)10-19(9-16)23-6/h8-10,14-15,17,21H,7,11-13H2,1-6H3/t15-,17-/m0/s1. The molecule has 0 bridgehead atoms. The third-order valence-electron chi connectivity index (χ3n) is 4.08. The van der Waals surface area contributed by atoms with Gasteiger partial charge in [-0.25, -0.2) is 0 Å². The van der Waals surface area contributed by atoms with E-state index in [9.17, 15) is 5.11 Å². The van der Waals surface area contributed by atoms with Crippen LogP contribution in [0.25, 0.3) is 0 Å². The van der Waals surface area contributed by atoms with E-state index >= 15 is 0 Å². The lowest BCUT2D eigenvalue weighted by Gasteiger charge is -2.31. The summed E-state index contributed by atoms with van der Waals surface area (Å²) < 4.78 is 16.2. The van der Waals surface area contributed by atoms with Crippen LogP contribution in [-0.4, -0.2) is 55.6 Å². The highest BCUT2D eigenvalue weighted by molar-refractivity contribution is 5.38. The monoisotopic (exact) mass is 339 g/mol. The Kier molecular flexibility index (Phi) is 9.11. The molecule has 5 heteroatoms. The van der Waals surface area contributed by atoms with Crippen LogP contribution in [0.5, 0.6) is 11.5 Å². The molecular weight excluding hydrogens is 306 g/mol.